The summed E-state index contributed by atoms with van der Waals surface area (Å²) >= 11 is 3.52. The van der Waals surface area contributed by atoms with Gasteiger partial charge in [0.2, 0.25) is 6.10 Å². The summed E-state index contributed by atoms with van der Waals surface area (Å²) in [5, 5.41) is 0. The van der Waals surface area contributed by atoms with Gasteiger partial charge in [0.1, 0.15) is 0 Å². The van der Waals surface area contributed by atoms with Crippen molar-refractivity contribution in [2.24, 2.45) is 0 Å². The minimum absolute atomic E-state index is 0.148. The number of ether oxygens (including phenoxy) is 4. The normalized spacial score (nSPS) is 22.4. The van der Waals surface area contributed by atoms with Crippen LogP contribution < -0.4 is 0 Å². The van der Waals surface area contributed by atoms with Crippen LogP contribution in [0.3, 0.4) is 0 Å². The topological polar surface area (TPSA) is 94.6 Å². The van der Waals surface area contributed by atoms with Crippen LogP contribution in [0.4, 0.5) is 4.79 Å². The second-order valence-electron chi connectivity index (χ2n) is 9.01. The number of cyclic esters (lactones) is 1. The van der Waals surface area contributed by atoms with Crippen LogP contribution in [0.2, 0.25) is 0 Å². The third-order valence-electron chi connectivity index (χ3n) is 6.71. The second kappa shape index (κ2) is 11.0. The Morgan fingerprint density at radius 3 is 2.24 bits per heavy atom. The number of morpholine rings is 1. The molecular formula is C27H27BrN2O7. The predicted octanol–water partition coefficient (Wildman–Crippen LogP) is 3.59. The van der Waals surface area contributed by atoms with Crippen molar-refractivity contribution in [3.05, 3.63) is 82.3 Å². The van der Waals surface area contributed by atoms with E-state index in [1.807, 2.05) is 54.6 Å². The van der Waals surface area contributed by atoms with Gasteiger partial charge in [-0.05, 0) is 23.6 Å². The highest BCUT2D eigenvalue weighted by Crippen LogP contribution is 2.44. The summed E-state index contributed by atoms with van der Waals surface area (Å²) in [5.74, 6) is -3.69. The van der Waals surface area contributed by atoms with Crippen molar-refractivity contribution in [3.63, 3.8) is 0 Å². The number of hydrogen-bond donors (Lipinski definition) is 0. The van der Waals surface area contributed by atoms with Gasteiger partial charge in [-0.25, -0.2) is 19.3 Å². The molecule has 0 aliphatic carbocycles. The van der Waals surface area contributed by atoms with Gasteiger partial charge in [-0.3, -0.25) is 4.90 Å². The van der Waals surface area contributed by atoms with Crippen LogP contribution in [0, 0.1) is 0 Å². The summed E-state index contributed by atoms with van der Waals surface area (Å²) in [6.45, 7) is 3.48. The number of nitrogens with zero attached hydrogens (tertiary/aromatic N) is 2. The summed E-state index contributed by atoms with van der Waals surface area (Å²) in [6.07, 6.45) is 0.814. The number of rotatable bonds is 7. The molecule has 0 N–H and O–H groups in total. The van der Waals surface area contributed by atoms with Gasteiger partial charge in [-0.2, -0.15) is 0 Å². The van der Waals surface area contributed by atoms with E-state index in [2.05, 4.69) is 20.8 Å². The lowest BCUT2D eigenvalue weighted by Crippen LogP contribution is -2.58. The molecule has 0 saturated carbocycles. The van der Waals surface area contributed by atoms with E-state index in [0.29, 0.717) is 26.2 Å². The molecule has 0 aromatic heterocycles. The first-order valence-electron chi connectivity index (χ1n) is 12.2. The van der Waals surface area contributed by atoms with E-state index in [0.717, 1.165) is 40.8 Å². The van der Waals surface area contributed by atoms with Crippen molar-refractivity contribution in [2.45, 2.75) is 30.9 Å². The monoisotopic (exact) mass is 570 g/mol. The minimum atomic E-state index is -2.09. The number of hydrogen-bond acceptors (Lipinski definition) is 8. The van der Waals surface area contributed by atoms with Gasteiger partial charge in [0, 0.05) is 42.7 Å². The molecule has 2 unspecified atom stereocenters. The minimum Gasteiger partial charge on any atom is -0.435 e. The molecule has 37 heavy (non-hydrogen) atoms. The quantitative estimate of drug-likeness (QED) is 0.466. The number of carbonyl (C=O) groups excluding carboxylic acids is 3. The summed E-state index contributed by atoms with van der Waals surface area (Å²) in [6, 6.07) is 16.2. The standard InChI is InChI=1S/C27H27BrN2O7/c28-21-9-5-4-8-20(21)18-23-27(36-24(31)10-11-25(32)37-27)30(26(33)35-23)22(19-6-2-1-3-7-19)12-13-29-14-16-34-17-15-29/h1-11,22-23H,12-18H2. The van der Waals surface area contributed by atoms with Crippen LogP contribution in [-0.2, 0) is 35.0 Å². The van der Waals surface area contributed by atoms with Crippen LogP contribution in [-0.4, -0.2) is 72.7 Å². The number of amides is 1. The lowest BCUT2D eigenvalue weighted by atomic mass is 9.99. The van der Waals surface area contributed by atoms with Gasteiger partial charge in [0.05, 0.1) is 19.3 Å². The van der Waals surface area contributed by atoms with Gasteiger partial charge in [-0.15, -0.1) is 0 Å². The number of carbonyl (C=O) groups is 3. The summed E-state index contributed by atoms with van der Waals surface area (Å²) in [7, 11) is 0. The molecule has 1 amide bonds. The molecule has 1 spiro atoms. The Morgan fingerprint density at radius 1 is 0.919 bits per heavy atom. The molecule has 5 rings (SSSR count). The van der Waals surface area contributed by atoms with E-state index in [9.17, 15) is 14.4 Å². The Kier molecular flexibility index (Phi) is 7.59. The molecule has 9 nitrogen and oxygen atoms in total. The first-order valence-corrected chi connectivity index (χ1v) is 13.0. The lowest BCUT2D eigenvalue weighted by molar-refractivity contribution is -0.284. The highest BCUT2D eigenvalue weighted by Gasteiger charge is 2.64. The van der Waals surface area contributed by atoms with E-state index in [1.165, 1.54) is 4.90 Å². The van der Waals surface area contributed by atoms with Crippen LogP contribution in [0.15, 0.2) is 71.2 Å². The van der Waals surface area contributed by atoms with Crippen molar-refractivity contribution < 1.29 is 33.3 Å². The fourth-order valence-electron chi connectivity index (χ4n) is 4.91. The van der Waals surface area contributed by atoms with Crippen LogP contribution in [0.25, 0.3) is 0 Å². The van der Waals surface area contributed by atoms with Crippen molar-refractivity contribution in [3.8, 4) is 0 Å². The van der Waals surface area contributed by atoms with E-state index < -0.39 is 36.1 Å². The van der Waals surface area contributed by atoms with Crippen molar-refractivity contribution in [1.82, 2.24) is 9.80 Å². The van der Waals surface area contributed by atoms with Crippen LogP contribution in [0.1, 0.15) is 23.6 Å². The Bertz CT molecular complexity index is 1160. The first kappa shape index (κ1) is 25.4. The van der Waals surface area contributed by atoms with Crippen molar-refractivity contribution in [2.75, 3.05) is 32.8 Å². The van der Waals surface area contributed by atoms with Gasteiger partial charge < -0.3 is 18.9 Å². The van der Waals surface area contributed by atoms with Crippen LogP contribution in [0.5, 0.6) is 0 Å². The predicted molar refractivity (Wildman–Crippen MR) is 135 cm³/mol. The number of halogens is 1. The van der Waals surface area contributed by atoms with Gasteiger partial charge in [-0.1, -0.05) is 64.5 Å². The maximum absolute atomic E-state index is 13.6. The zero-order valence-electron chi connectivity index (χ0n) is 20.1. The smallest absolute Gasteiger partial charge is 0.417 e. The maximum atomic E-state index is 13.6. The molecule has 2 saturated heterocycles. The summed E-state index contributed by atoms with van der Waals surface area (Å²) in [4.78, 5) is 42.5. The largest absolute Gasteiger partial charge is 0.435 e. The zero-order chi connectivity index (χ0) is 25.8. The molecule has 2 aromatic carbocycles. The van der Waals surface area contributed by atoms with Gasteiger partial charge in [0.25, 0.3) is 0 Å². The van der Waals surface area contributed by atoms with E-state index >= 15 is 0 Å². The lowest BCUT2D eigenvalue weighted by Gasteiger charge is -2.40. The Hall–Kier alpha value is -3.21. The second-order valence-corrected chi connectivity index (χ2v) is 9.87. The van der Waals surface area contributed by atoms with E-state index in [-0.39, 0.29) is 6.42 Å². The Morgan fingerprint density at radius 2 is 1.57 bits per heavy atom. The van der Waals surface area contributed by atoms with Crippen LogP contribution >= 0.6 is 15.9 Å². The third-order valence-corrected chi connectivity index (χ3v) is 7.49. The maximum Gasteiger partial charge on any atom is 0.417 e. The molecule has 3 heterocycles. The van der Waals surface area contributed by atoms with Gasteiger partial charge in [0.15, 0.2) is 0 Å². The van der Waals surface area contributed by atoms with E-state index in [4.69, 9.17) is 18.9 Å². The van der Waals surface area contributed by atoms with Crippen molar-refractivity contribution in [1.29, 1.82) is 0 Å². The average molecular weight is 571 g/mol. The average Bonchev–Trinajstić information content (AvgIpc) is 3.04. The van der Waals surface area contributed by atoms with Gasteiger partial charge >= 0.3 is 23.9 Å². The molecule has 10 heteroatoms. The zero-order valence-corrected chi connectivity index (χ0v) is 21.7. The molecule has 3 aliphatic rings. The number of benzene rings is 2. The summed E-state index contributed by atoms with van der Waals surface area (Å²) < 4.78 is 23.7. The van der Waals surface area contributed by atoms with E-state index in [1.54, 1.807) is 0 Å². The Balaban J connectivity index is 1.55. The SMILES string of the molecule is O=C1C=CC(=O)OC2(O1)C(Cc1ccccc1Br)OC(=O)N2C(CCN1CCOCC1)c1ccccc1. The fourth-order valence-corrected chi connectivity index (χ4v) is 5.35. The fraction of sp³-hybridized carbons (Fsp3) is 0.370. The molecular weight excluding hydrogens is 544 g/mol. The molecule has 2 fully saturated rings. The molecule has 2 atom stereocenters. The molecule has 0 radical (unpaired) electrons. The summed E-state index contributed by atoms with van der Waals surface area (Å²) in [5.41, 5.74) is 1.60. The highest BCUT2D eigenvalue weighted by molar-refractivity contribution is 9.10. The molecule has 194 valence electrons. The Labute approximate surface area is 223 Å². The molecule has 2 aromatic rings. The highest BCUT2D eigenvalue weighted by atomic mass is 79.9. The van der Waals surface area contributed by atoms with Crippen molar-refractivity contribution >= 4 is 34.0 Å². The third kappa shape index (κ3) is 5.41. The molecule has 0 bridgehead atoms. The number of esters is 2. The molecule has 3 aliphatic heterocycles. The first-order chi connectivity index (χ1) is 18.0.